The molecule has 3 heterocycles. The van der Waals surface area contributed by atoms with Crippen molar-refractivity contribution in [3.63, 3.8) is 0 Å². The Morgan fingerprint density at radius 3 is 1.88 bits per heavy atom. The SMILES string of the molecule is C1=c2c(n(-c3ccccc3)c3ccc(-c4ccc5c(c4)c4ccccc4n5-c4cc(-c5ccccc5)c5sc6ccccc6c5c4)cc23)=CCC1. The Hall–Kier alpha value is -6.16. The predicted molar refractivity (Wildman–Crippen MR) is 219 cm³/mol. The zero-order chi connectivity index (χ0) is 33.5. The number of hydrogen-bond acceptors (Lipinski definition) is 1. The maximum Gasteiger partial charge on any atom is 0.0541 e. The first-order valence-corrected chi connectivity index (χ1v) is 18.6. The van der Waals surface area contributed by atoms with Crippen LogP contribution in [0.15, 0.2) is 158 Å². The van der Waals surface area contributed by atoms with E-state index in [9.17, 15) is 0 Å². The van der Waals surface area contributed by atoms with Crippen LogP contribution in [0.4, 0.5) is 0 Å². The van der Waals surface area contributed by atoms with Crippen LogP contribution in [0.5, 0.6) is 0 Å². The molecule has 2 nitrogen and oxygen atoms in total. The van der Waals surface area contributed by atoms with Crippen molar-refractivity contribution in [3.8, 4) is 33.6 Å². The minimum absolute atomic E-state index is 1.08. The van der Waals surface area contributed by atoms with Crippen LogP contribution in [0.2, 0.25) is 0 Å². The minimum Gasteiger partial charge on any atom is -0.310 e. The third-order valence-electron chi connectivity index (χ3n) is 10.7. The van der Waals surface area contributed by atoms with Crippen molar-refractivity contribution in [2.75, 3.05) is 0 Å². The van der Waals surface area contributed by atoms with E-state index < -0.39 is 0 Å². The Kier molecular flexibility index (Phi) is 6.28. The number of aromatic nitrogens is 2. The molecule has 0 saturated heterocycles. The third kappa shape index (κ3) is 4.35. The lowest BCUT2D eigenvalue weighted by Crippen LogP contribution is -2.30. The highest BCUT2D eigenvalue weighted by Gasteiger charge is 2.18. The second-order valence-electron chi connectivity index (χ2n) is 13.6. The van der Waals surface area contributed by atoms with Gasteiger partial charge in [0.15, 0.2) is 0 Å². The second-order valence-corrected chi connectivity index (χ2v) is 14.7. The molecule has 0 unspecified atom stereocenters. The summed E-state index contributed by atoms with van der Waals surface area (Å²) in [6.07, 6.45) is 6.99. The molecule has 3 heteroatoms. The first-order valence-electron chi connectivity index (χ1n) is 17.8. The van der Waals surface area contributed by atoms with Gasteiger partial charge in [0, 0.05) is 63.8 Å². The highest BCUT2D eigenvalue weighted by molar-refractivity contribution is 7.26. The van der Waals surface area contributed by atoms with Gasteiger partial charge in [-0.05, 0) is 90.2 Å². The molecule has 0 saturated carbocycles. The molecule has 7 aromatic carbocycles. The zero-order valence-corrected chi connectivity index (χ0v) is 28.7. The van der Waals surface area contributed by atoms with Crippen molar-refractivity contribution >= 4 is 76.4 Å². The average Bonchev–Trinajstić information content (AvgIpc) is 3.85. The maximum atomic E-state index is 2.47. The van der Waals surface area contributed by atoms with Gasteiger partial charge >= 0.3 is 0 Å². The van der Waals surface area contributed by atoms with Crippen LogP contribution in [-0.2, 0) is 0 Å². The molecule has 51 heavy (non-hydrogen) atoms. The monoisotopic (exact) mass is 668 g/mol. The minimum atomic E-state index is 1.08. The van der Waals surface area contributed by atoms with E-state index in [-0.39, 0.29) is 0 Å². The number of para-hydroxylation sites is 2. The van der Waals surface area contributed by atoms with Gasteiger partial charge in [-0.1, -0.05) is 109 Å². The van der Waals surface area contributed by atoms with E-state index in [1.807, 2.05) is 11.3 Å². The number of rotatable bonds is 4. The molecule has 0 fully saturated rings. The Morgan fingerprint density at radius 2 is 1.06 bits per heavy atom. The van der Waals surface area contributed by atoms with Crippen LogP contribution in [0.3, 0.4) is 0 Å². The summed E-state index contributed by atoms with van der Waals surface area (Å²) in [7, 11) is 0. The molecule has 1 aliphatic rings. The van der Waals surface area contributed by atoms with Gasteiger partial charge < -0.3 is 9.13 Å². The normalized spacial score (nSPS) is 12.9. The molecule has 1 aliphatic carbocycles. The molecule has 10 aromatic rings. The summed E-state index contributed by atoms with van der Waals surface area (Å²) in [5.74, 6) is 0. The van der Waals surface area contributed by atoms with Crippen molar-refractivity contribution in [2.45, 2.75) is 12.8 Å². The summed E-state index contributed by atoms with van der Waals surface area (Å²) in [5.41, 5.74) is 11.1. The van der Waals surface area contributed by atoms with Gasteiger partial charge in [-0.2, -0.15) is 0 Å². The summed E-state index contributed by atoms with van der Waals surface area (Å²) in [6.45, 7) is 0. The highest BCUT2D eigenvalue weighted by atomic mass is 32.1. The van der Waals surface area contributed by atoms with Crippen LogP contribution in [0.25, 0.3) is 98.7 Å². The van der Waals surface area contributed by atoms with E-state index in [1.165, 1.54) is 97.1 Å². The molecular formula is C48H32N2S. The average molecular weight is 669 g/mol. The van der Waals surface area contributed by atoms with Crippen LogP contribution >= 0.6 is 11.3 Å². The quantitative estimate of drug-likeness (QED) is 0.177. The Labute approximate surface area is 299 Å². The molecule has 0 radical (unpaired) electrons. The molecular weight excluding hydrogens is 637 g/mol. The molecule has 0 amide bonds. The topological polar surface area (TPSA) is 9.86 Å². The van der Waals surface area contributed by atoms with E-state index in [0.717, 1.165) is 12.8 Å². The summed E-state index contributed by atoms with van der Waals surface area (Å²) in [6, 6.07) is 58.2. The van der Waals surface area contributed by atoms with Crippen molar-refractivity contribution in [3.05, 3.63) is 168 Å². The summed E-state index contributed by atoms with van der Waals surface area (Å²) >= 11 is 1.89. The fourth-order valence-electron chi connectivity index (χ4n) is 8.44. The van der Waals surface area contributed by atoms with Crippen molar-refractivity contribution in [1.82, 2.24) is 9.13 Å². The van der Waals surface area contributed by atoms with E-state index in [1.54, 1.807) is 0 Å². The fraction of sp³-hybridized carbons (Fsp3) is 0.0417. The summed E-state index contributed by atoms with van der Waals surface area (Å²) < 4.78 is 7.55. The lowest BCUT2D eigenvalue weighted by atomic mass is 10.0. The molecule has 3 aromatic heterocycles. The van der Waals surface area contributed by atoms with Gasteiger partial charge in [0.05, 0.1) is 16.6 Å². The van der Waals surface area contributed by atoms with Crippen molar-refractivity contribution in [1.29, 1.82) is 0 Å². The molecule has 0 atom stereocenters. The van der Waals surface area contributed by atoms with Crippen molar-refractivity contribution in [2.24, 2.45) is 0 Å². The fourth-order valence-corrected chi connectivity index (χ4v) is 9.66. The summed E-state index contributed by atoms with van der Waals surface area (Å²) in [5, 5.41) is 9.13. The lowest BCUT2D eigenvalue weighted by Gasteiger charge is -2.13. The second kappa shape index (κ2) is 11.2. The Morgan fingerprint density at radius 1 is 0.412 bits per heavy atom. The number of thiophene rings is 1. The van der Waals surface area contributed by atoms with Crippen LogP contribution < -0.4 is 10.6 Å². The van der Waals surface area contributed by atoms with E-state index >= 15 is 0 Å². The van der Waals surface area contributed by atoms with Crippen molar-refractivity contribution < 1.29 is 0 Å². The smallest absolute Gasteiger partial charge is 0.0541 e. The predicted octanol–water partition coefficient (Wildman–Crippen LogP) is 11.8. The first kappa shape index (κ1) is 28.7. The highest BCUT2D eigenvalue weighted by Crippen LogP contribution is 2.43. The molecule has 0 aliphatic heterocycles. The third-order valence-corrected chi connectivity index (χ3v) is 11.9. The zero-order valence-electron chi connectivity index (χ0n) is 27.9. The lowest BCUT2D eigenvalue weighted by molar-refractivity contribution is 1.02. The van der Waals surface area contributed by atoms with Crippen LogP contribution in [-0.4, -0.2) is 9.13 Å². The largest absolute Gasteiger partial charge is 0.310 e. The number of nitrogens with zero attached hydrogens (tertiary/aromatic N) is 2. The molecule has 240 valence electrons. The van der Waals surface area contributed by atoms with Gasteiger partial charge in [-0.25, -0.2) is 0 Å². The van der Waals surface area contributed by atoms with E-state index in [0.29, 0.717) is 0 Å². The van der Waals surface area contributed by atoms with Crippen LogP contribution in [0, 0.1) is 0 Å². The Balaban J connectivity index is 1.14. The van der Waals surface area contributed by atoms with Gasteiger partial charge in [-0.15, -0.1) is 11.3 Å². The Bertz CT molecular complexity index is 3120. The molecule has 0 bridgehead atoms. The molecule has 0 spiro atoms. The number of fused-ring (bicyclic) bond motifs is 9. The molecule has 0 N–H and O–H groups in total. The van der Waals surface area contributed by atoms with Gasteiger partial charge in [0.2, 0.25) is 0 Å². The van der Waals surface area contributed by atoms with Gasteiger partial charge in [0.25, 0.3) is 0 Å². The van der Waals surface area contributed by atoms with Gasteiger partial charge in [0.1, 0.15) is 0 Å². The van der Waals surface area contributed by atoms with Gasteiger partial charge in [-0.3, -0.25) is 0 Å². The standard InChI is InChI=1S/C48H32N2S/c1-3-13-31(14-4-1)39-29-35(30-42-38-19-9-12-22-47(38)51-48(39)42)50-44-21-11-8-18-37(44)41-28-33(24-26-46(41)50)32-23-25-45-40(27-32)36-17-7-10-20-43(36)49(45)34-15-5-2-6-16-34/h1-6,8-9,11-30H,7,10H2. The maximum absolute atomic E-state index is 2.47. The summed E-state index contributed by atoms with van der Waals surface area (Å²) in [4.78, 5) is 0. The van der Waals surface area contributed by atoms with E-state index in [2.05, 4.69) is 179 Å². The van der Waals surface area contributed by atoms with Crippen LogP contribution in [0.1, 0.15) is 12.8 Å². The van der Waals surface area contributed by atoms with E-state index in [4.69, 9.17) is 0 Å². The first-order chi connectivity index (χ1) is 25.3. The number of benzene rings is 7. The number of hydrogen-bond donors (Lipinski definition) is 0. The molecule has 11 rings (SSSR count).